The topological polar surface area (TPSA) is 38.3 Å². The smallest absolute Gasteiger partial charge is 0.307 e. The molecular formula is C12H17NO2. The standard InChI is InChI=1S/C12H17NO2/c1-10(13-2)8-12(14)15-9-11-6-4-3-5-7-11/h3-7,10,13H,8-9H2,1-2H3/t10-/m0/s1. The van der Waals surface area contributed by atoms with Crippen molar-refractivity contribution >= 4 is 5.97 Å². The number of carbonyl (C=O) groups excluding carboxylic acids is 1. The van der Waals surface area contributed by atoms with Gasteiger partial charge in [0, 0.05) is 6.04 Å². The number of carbonyl (C=O) groups is 1. The van der Waals surface area contributed by atoms with Gasteiger partial charge < -0.3 is 10.1 Å². The Kier molecular flexibility index (Phi) is 4.84. The molecule has 1 N–H and O–H groups in total. The quantitative estimate of drug-likeness (QED) is 0.747. The molecular weight excluding hydrogens is 190 g/mol. The Morgan fingerprint density at radius 3 is 2.67 bits per heavy atom. The second kappa shape index (κ2) is 6.19. The van der Waals surface area contributed by atoms with Crippen molar-refractivity contribution in [1.82, 2.24) is 5.32 Å². The molecule has 1 aromatic carbocycles. The molecule has 0 aliphatic carbocycles. The highest BCUT2D eigenvalue weighted by Crippen LogP contribution is 2.02. The molecule has 0 aliphatic rings. The Balaban J connectivity index is 2.29. The van der Waals surface area contributed by atoms with Gasteiger partial charge in [-0.3, -0.25) is 4.79 Å². The maximum absolute atomic E-state index is 11.3. The normalized spacial score (nSPS) is 12.1. The third-order valence-corrected chi connectivity index (χ3v) is 2.21. The molecule has 15 heavy (non-hydrogen) atoms. The zero-order valence-electron chi connectivity index (χ0n) is 9.19. The molecule has 1 atom stereocenters. The summed E-state index contributed by atoms with van der Waals surface area (Å²) in [7, 11) is 1.83. The Morgan fingerprint density at radius 1 is 1.40 bits per heavy atom. The number of esters is 1. The highest BCUT2D eigenvalue weighted by atomic mass is 16.5. The van der Waals surface area contributed by atoms with E-state index in [0.717, 1.165) is 5.56 Å². The van der Waals surface area contributed by atoms with Crippen LogP contribution >= 0.6 is 0 Å². The molecule has 0 amide bonds. The van der Waals surface area contributed by atoms with E-state index in [9.17, 15) is 4.79 Å². The van der Waals surface area contributed by atoms with Crippen molar-refractivity contribution in [2.45, 2.75) is 26.0 Å². The summed E-state index contributed by atoms with van der Waals surface area (Å²) in [6.07, 6.45) is 0.406. The fourth-order valence-corrected chi connectivity index (χ4v) is 1.15. The maximum atomic E-state index is 11.3. The molecule has 3 heteroatoms. The lowest BCUT2D eigenvalue weighted by atomic mass is 10.2. The van der Waals surface area contributed by atoms with Crippen LogP contribution in [0.25, 0.3) is 0 Å². The molecule has 0 aromatic heterocycles. The first-order valence-corrected chi connectivity index (χ1v) is 5.09. The molecule has 82 valence electrons. The van der Waals surface area contributed by atoms with Crippen molar-refractivity contribution in [2.75, 3.05) is 7.05 Å². The van der Waals surface area contributed by atoms with Crippen LogP contribution in [0.15, 0.2) is 30.3 Å². The van der Waals surface area contributed by atoms with Gasteiger partial charge >= 0.3 is 5.97 Å². The molecule has 1 aromatic rings. The van der Waals surface area contributed by atoms with Gasteiger partial charge in [0.1, 0.15) is 6.61 Å². The Bertz CT molecular complexity index is 298. The van der Waals surface area contributed by atoms with Gasteiger partial charge in [0.15, 0.2) is 0 Å². The van der Waals surface area contributed by atoms with Gasteiger partial charge in [-0.25, -0.2) is 0 Å². The van der Waals surface area contributed by atoms with Crippen molar-refractivity contribution in [3.63, 3.8) is 0 Å². The van der Waals surface area contributed by atoms with E-state index >= 15 is 0 Å². The number of ether oxygens (including phenoxy) is 1. The predicted molar refractivity (Wildman–Crippen MR) is 59.4 cm³/mol. The van der Waals surface area contributed by atoms with Crippen LogP contribution in [0.5, 0.6) is 0 Å². The number of hydrogen-bond acceptors (Lipinski definition) is 3. The largest absolute Gasteiger partial charge is 0.461 e. The highest BCUT2D eigenvalue weighted by molar-refractivity contribution is 5.70. The molecule has 0 bridgehead atoms. The van der Waals surface area contributed by atoms with Crippen LogP contribution in [-0.4, -0.2) is 19.1 Å². The number of nitrogens with one attached hydrogen (secondary N) is 1. The minimum absolute atomic E-state index is 0.160. The zero-order valence-corrected chi connectivity index (χ0v) is 9.19. The van der Waals surface area contributed by atoms with Crippen LogP contribution in [0, 0.1) is 0 Å². The molecule has 0 saturated heterocycles. The van der Waals surface area contributed by atoms with Gasteiger partial charge in [0.25, 0.3) is 0 Å². The average molecular weight is 207 g/mol. The van der Waals surface area contributed by atoms with Crippen molar-refractivity contribution in [3.8, 4) is 0 Å². The highest BCUT2D eigenvalue weighted by Gasteiger charge is 2.07. The summed E-state index contributed by atoms with van der Waals surface area (Å²) < 4.78 is 5.12. The number of benzene rings is 1. The zero-order chi connectivity index (χ0) is 11.1. The van der Waals surface area contributed by atoms with Crippen molar-refractivity contribution in [1.29, 1.82) is 0 Å². The molecule has 0 saturated carbocycles. The summed E-state index contributed by atoms with van der Waals surface area (Å²) in [5.41, 5.74) is 1.02. The molecule has 0 aliphatic heterocycles. The molecule has 0 radical (unpaired) electrons. The van der Waals surface area contributed by atoms with Gasteiger partial charge in [-0.15, -0.1) is 0 Å². The van der Waals surface area contributed by atoms with Crippen LogP contribution in [0.2, 0.25) is 0 Å². The van der Waals surface area contributed by atoms with E-state index in [1.54, 1.807) is 0 Å². The van der Waals surface area contributed by atoms with E-state index in [1.165, 1.54) is 0 Å². The molecule has 0 heterocycles. The first kappa shape index (κ1) is 11.7. The van der Waals surface area contributed by atoms with Gasteiger partial charge in [0.2, 0.25) is 0 Å². The first-order chi connectivity index (χ1) is 7.22. The summed E-state index contributed by atoms with van der Waals surface area (Å²) in [5, 5.41) is 2.99. The van der Waals surface area contributed by atoms with Gasteiger partial charge in [0.05, 0.1) is 6.42 Å². The minimum atomic E-state index is -0.166. The van der Waals surface area contributed by atoms with Crippen molar-refractivity contribution in [3.05, 3.63) is 35.9 Å². The third-order valence-electron chi connectivity index (χ3n) is 2.21. The molecule has 0 unspecified atom stereocenters. The Hall–Kier alpha value is -1.35. The van der Waals surface area contributed by atoms with Crippen LogP contribution in [0.1, 0.15) is 18.9 Å². The van der Waals surface area contributed by atoms with Gasteiger partial charge in [-0.2, -0.15) is 0 Å². The fraction of sp³-hybridized carbons (Fsp3) is 0.417. The van der Waals surface area contributed by atoms with E-state index in [1.807, 2.05) is 44.3 Å². The van der Waals surface area contributed by atoms with E-state index < -0.39 is 0 Å². The maximum Gasteiger partial charge on any atom is 0.307 e. The molecule has 3 nitrogen and oxygen atoms in total. The van der Waals surface area contributed by atoms with Gasteiger partial charge in [-0.05, 0) is 19.5 Å². The Morgan fingerprint density at radius 2 is 2.07 bits per heavy atom. The summed E-state index contributed by atoms with van der Waals surface area (Å²) in [6, 6.07) is 9.84. The number of hydrogen-bond donors (Lipinski definition) is 1. The van der Waals surface area contributed by atoms with Crippen LogP contribution in [0.3, 0.4) is 0 Å². The number of rotatable bonds is 5. The molecule has 0 spiro atoms. The second-order valence-corrected chi connectivity index (χ2v) is 3.54. The SMILES string of the molecule is CN[C@@H](C)CC(=O)OCc1ccccc1. The fourth-order valence-electron chi connectivity index (χ4n) is 1.15. The van der Waals surface area contributed by atoms with Gasteiger partial charge in [-0.1, -0.05) is 30.3 Å². The first-order valence-electron chi connectivity index (χ1n) is 5.09. The van der Waals surface area contributed by atoms with E-state index in [-0.39, 0.29) is 12.0 Å². The molecule has 0 fully saturated rings. The summed E-state index contributed by atoms with van der Waals surface area (Å²) in [5.74, 6) is -0.166. The average Bonchev–Trinajstić information content (AvgIpc) is 2.27. The summed E-state index contributed by atoms with van der Waals surface area (Å²) in [4.78, 5) is 11.3. The lowest BCUT2D eigenvalue weighted by Crippen LogP contribution is -2.25. The molecule has 1 rings (SSSR count). The van der Waals surface area contributed by atoms with Crippen molar-refractivity contribution in [2.24, 2.45) is 0 Å². The van der Waals surface area contributed by atoms with Crippen LogP contribution < -0.4 is 5.32 Å². The monoisotopic (exact) mass is 207 g/mol. The van der Waals surface area contributed by atoms with E-state index in [2.05, 4.69) is 5.32 Å². The summed E-state index contributed by atoms with van der Waals surface area (Å²) >= 11 is 0. The van der Waals surface area contributed by atoms with Crippen LogP contribution in [-0.2, 0) is 16.1 Å². The summed E-state index contributed by atoms with van der Waals surface area (Å²) in [6.45, 7) is 2.31. The van der Waals surface area contributed by atoms with E-state index in [4.69, 9.17) is 4.74 Å². The van der Waals surface area contributed by atoms with E-state index in [0.29, 0.717) is 13.0 Å². The van der Waals surface area contributed by atoms with Crippen LogP contribution in [0.4, 0.5) is 0 Å². The lowest BCUT2D eigenvalue weighted by Gasteiger charge is -2.09. The minimum Gasteiger partial charge on any atom is -0.461 e. The predicted octanol–water partition coefficient (Wildman–Crippen LogP) is 1.73. The lowest BCUT2D eigenvalue weighted by molar-refractivity contribution is -0.145. The van der Waals surface area contributed by atoms with Crippen molar-refractivity contribution < 1.29 is 9.53 Å². The third kappa shape index (κ3) is 4.61. The Labute approximate surface area is 90.4 Å². The second-order valence-electron chi connectivity index (χ2n) is 3.54.